The van der Waals surface area contributed by atoms with Crippen LogP contribution in [0.4, 0.5) is 0 Å². The minimum absolute atomic E-state index is 0.480. The van der Waals surface area contributed by atoms with Crippen LogP contribution in [0.5, 0.6) is 0 Å². The van der Waals surface area contributed by atoms with Crippen LogP contribution in [-0.4, -0.2) is 25.3 Å². The first-order chi connectivity index (χ1) is 6.36. The molecule has 2 heteroatoms. The second kappa shape index (κ2) is 6.17. The lowest BCUT2D eigenvalue weighted by atomic mass is 9.93. The Morgan fingerprint density at radius 2 is 2.08 bits per heavy atom. The highest BCUT2D eigenvalue weighted by atomic mass is 16.5. The van der Waals surface area contributed by atoms with E-state index >= 15 is 0 Å². The van der Waals surface area contributed by atoms with Crippen molar-refractivity contribution < 1.29 is 4.74 Å². The maximum absolute atomic E-state index is 5.61. The normalized spacial score (nSPS) is 28.7. The Balaban J connectivity index is 2.11. The molecule has 0 heterocycles. The van der Waals surface area contributed by atoms with Gasteiger partial charge in [0.05, 0.1) is 12.7 Å². The van der Waals surface area contributed by atoms with Crippen molar-refractivity contribution in [3.05, 3.63) is 12.7 Å². The van der Waals surface area contributed by atoms with Gasteiger partial charge in [-0.2, -0.15) is 0 Å². The van der Waals surface area contributed by atoms with Gasteiger partial charge in [0.15, 0.2) is 0 Å². The van der Waals surface area contributed by atoms with E-state index in [9.17, 15) is 0 Å². The summed E-state index contributed by atoms with van der Waals surface area (Å²) in [5, 5.41) is 3.49. The molecule has 0 unspecified atom stereocenters. The third-order valence-corrected chi connectivity index (χ3v) is 2.62. The first-order valence-electron chi connectivity index (χ1n) is 5.32. The zero-order chi connectivity index (χ0) is 9.52. The minimum Gasteiger partial charge on any atom is -0.374 e. The summed E-state index contributed by atoms with van der Waals surface area (Å²) < 4.78 is 5.61. The Morgan fingerprint density at radius 1 is 1.38 bits per heavy atom. The summed E-state index contributed by atoms with van der Waals surface area (Å²) in [6, 6.07) is 0.730. The summed E-state index contributed by atoms with van der Waals surface area (Å²) in [6.07, 6.45) is 7.23. The first-order valence-corrected chi connectivity index (χ1v) is 5.32. The van der Waals surface area contributed by atoms with Gasteiger partial charge in [-0.1, -0.05) is 13.0 Å². The molecular formula is C11H21NO. The van der Waals surface area contributed by atoms with E-state index in [4.69, 9.17) is 4.74 Å². The molecule has 1 N–H and O–H groups in total. The van der Waals surface area contributed by atoms with Crippen LogP contribution in [-0.2, 0) is 4.74 Å². The Labute approximate surface area is 81.4 Å². The highest BCUT2D eigenvalue weighted by molar-refractivity contribution is 4.78. The lowest BCUT2D eigenvalue weighted by Crippen LogP contribution is -2.35. The SMILES string of the molecule is C=CCOC1CCC(NCC)CC1. The molecule has 76 valence electrons. The quantitative estimate of drug-likeness (QED) is 0.659. The monoisotopic (exact) mass is 183 g/mol. The third-order valence-electron chi connectivity index (χ3n) is 2.62. The van der Waals surface area contributed by atoms with Crippen LogP contribution in [0.3, 0.4) is 0 Å². The molecule has 0 spiro atoms. The molecule has 0 radical (unpaired) electrons. The fourth-order valence-electron chi connectivity index (χ4n) is 1.93. The van der Waals surface area contributed by atoms with Gasteiger partial charge in [-0.05, 0) is 32.2 Å². The molecule has 0 aromatic heterocycles. The molecule has 0 bridgehead atoms. The molecule has 0 amide bonds. The molecule has 0 aromatic rings. The van der Waals surface area contributed by atoms with E-state index in [2.05, 4.69) is 18.8 Å². The largest absolute Gasteiger partial charge is 0.374 e. The van der Waals surface area contributed by atoms with Crippen LogP contribution in [0.2, 0.25) is 0 Å². The molecule has 1 aliphatic rings. The second-order valence-electron chi connectivity index (χ2n) is 3.65. The van der Waals surface area contributed by atoms with Crippen molar-refractivity contribution >= 4 is 0 Å². The van der Waals surface area contributed by atoms with Crippen molar-refractivity contribution in [1.29, 1.82) is 0 Å². The average molecular weight is 183 g/mol. The third kappa shape index (κ3) is 3.92. The molecule has 0 atom stereocenters. The highest BCUT2D eigenvalue weighted by Gasteiger charge is 2.20. The number of rotatable bonds is 5. The molecule has 13 heavy (non-hydrogen) atoms. The lowest BCUT2D eigenvalue weighted by molar-refractivity contribution is 0.0399. The fraction of sp³-hybridized carbons (Fsp3) is 0.818. The number of hydrogen-bond donors (Lipinski definition) is 1. The molecular weight excluding hydrogens is 162 g/mol. The zero-order valence-corrected chi connectivity index (χ0v) is 8.59. The summed E-state index contributed by atoms with van der Waals surface area (Å²) in [6.45, 7) is 7.61. The van der Waals surface area contributed by atoms with Gasteiger partial charge in [0.25, 0.3) is 0 Å². The van der Waals surface area contributed by atoms with Crippen molar-refractivity contribution in [2.24, 2.45) is 0 Å². The minimum atomic E-state index is 0.480. The standard InChI is InChI=1S/C11H21NO/c1-3-9-13-11-7-5-10(6-8-11)12-4-2/h3,10-12H,1,4-9H2,2H3. The fourth-order valence-corrected chi connectivity index (χ4v) is 1.93. The predicted octanol–water partition coefficient (Wildman–Crippen LogP) is 2.11. The maximum atomic E-state index is 5.61. The lowest BCUT2D eigenvalue weighted by Gasteiger charge is -2.28. The van der Waals surface area contributed by atoms with E-state index in [0.717, 1.165) is 12.6 Å². The number of ether oxygens (including phenoxy) is 1. The van der Waals surface area contributed by atoms with E-state index < -0.39 is 0 Å². The first kappa shape index (κ1) is 10.7. The maximum Gasteiger partial charge on any atom is 0.0648 e. The predicted molar refractivity (Wildman–Crippen MR) is 55.9 cm³/mol. The van der Waals surface area contributed by atoms with Crippen molar-refractivity contribution in [3.63, 3.8) is 0 Å². The van der Waals surface area contributed by atoms with Crippen LogP contribution < -0.4 is 5.32 Å². The van der Waals surface area contributed by atoms with Crippen LogP contribution in [0.15, 0.2) is 12.7 Å². The van der Waals surface area contributed by atoms with Gasteiger partial charge < -0.3 is 10.1 Å². The molecule has 0 aliphatic heterocycles. The van der Waals surface area contributed by atoms with Gasteiger partial charge in [0.1, 0.15) is 0 Å². The highest BCUT2D eigenvalue weighted by Crippen LogP contribution is 2.20. The molecule has 1 fully saturated rings. The molecule has 0 saturated heterocycles. The van der Waals surface area contributed by atoms with Gasteiger partial charge in [-0.15, -0.1) is 6.58 Å². The van der Waals surface area contributed by atoms with Crippen LogP contribution in [0.1, 0.15) is 32.6 Å². The zero-order valence-electron chi connectivity index (χ0n) is 8.59. The summed E-state index contributed by atoms with van der Waals surface area (Å²) in [5.74, 6) is 0. The smallest absolute Gasteiger partial charge is 0.0648 e. The Bertz CT molecular complexity index is 139. The Hall–Kier alpha value is -0.340. The van der Waals surface area contributed by atoms with Crippen LogP contribution in [0.25, 0.3) is 0 Å². The number of hydrogen-bond acceptors (Lipinski definition) is 2. The second-order valence-corrected chi connectivity index (χ2v) is 3.65. The van der Waals surface area contributed by atoms with E-state index in [1.807, 2.05) is 6.08 Å². The van der Waals surface area contributed by atoms with Crippen LogP contribution >= 0.6 is 0 Å². The summed E-state index contributed by atoms with van der Waals surface area (Å²) in [4.78, 5) is 0. The number of nitrogens with one attached hydrogen (secondary N) is 1. The van der Waals surface area contributed by atoms with Crippen LogP contribution in [0, 0.1) is 0 Å². The molecule has 0 aromatic carbocycles. The van der Waals surface area contributed by atoms with Crippen molar-refractivity contribution in [2.75, 3.05) is 13.2 Å². The molecule has 2 nitrogen and oxygen atoms in total. The van der Waals surface area contributed by atoms with E-state index in [1.54, 1.807) is 0 Å². The van der Waals surface area contributed by atoms with E-state index in [1.165, 1.54) is 25.7 Å². The Morgan fingerprint density at radius 3 is 2.62 bits per heavy atom. The van der Waals surface area contributed by atoms with E-state index in [-0.39, 0.29) is 0 Å². The summed E-state index contributed by atoms with van der Waals surface area (Å²) in [7, 11) is 0. The van der Waals surface area contributed by atoms with E-state index in [0.29, 0.717) is 12.7 Å². The van der Waals surface area contributed by atoms with Gasteiger partial charge >= 0.3 is 0 Å². The molecule has 1 rings (SSSR count). The summed E-state index contributed by atoms with van der Waals surface area (Å²) in [5.41, 5.74) is 0. The van der Waals surface area contributed by atoms with Gasteiger partial charge in [-0.25, -0.2) is 0 Å². The van der Waals surface area contributed by atoms with Gasteiger partial charge in [0, 0.05) is 6.04 Å². The molecule has 1 aliphatic carbocycles. The molecule has 1 saturated carbocycles. The van der Waals surface area contributed by atoms with Crippen molar-refractivity contribution in [1.82, 2.24) is 5.32 Å². The summed E-state index contributed by atoms with van der Waals surface area (Å²) >= 11 is 0. The van der Waals surface area contributed by atoms with Gasteiger partial charge in [-0.3, -0.25) is 0 Å². The Kier molecular flexibility index (Phi) is 5.09. The van der Waals surface area contributed by atoms with Crippen molar-refractivity contribution in [2.45, 2.75) is 44.8 Å². The average Bonchev–Trinajstić information content (AvgIpc) is 2.17. The topological polar surface area (TPSA) is 21.3 Å². The van der Waals surface area contributed by atoms with Crippen molar-refractivity contribution in [3.8, 4) is 0 Å². The van der Waals surface area contributed by atoms with Gasteiger partial charge in [0.2, 0.25) is 0 Å².